The second-order valence-corrected chi connectivity index (χ2v) is 7.29. The number of benzene rings is 1. The molecule has 0 saturated carbocycles. The Kier molecular flexibility index (Phi) is 4.63. The van der Waals surface area contributed by atoms with E-state index in [-0.39, 0.29) is 11.9 Å². The standard InChI is InChI=1S/C23H21N5O2/c1-30-18-9-7-16(8-10-18)21-26-19-6-4-13-25-22(19)28(21)17-11-14-27(15-17)23(29)20-5-2-3-12-24-20/h2-10,12-13,17H,11,14-15H2,1H3/t17-/m1/s1. The number of rotatable bonds is 4. The van der Waals surface area contributed by atoms with Gasteiger partial charge in [-0.25, -0.2) is 9.97 Å². The first kappa shape index (κ1) is 18.3. The highest BCUT2D eigenvalue weighted by Gasteiger charge is 2.31. The minimum atomic E-state index is -0.0403. The van der Waals surface area contributed by atoms with Crippen LogP contribution in [-0.4, -0.2) is 50.5 Å². The molecule has 4 aromatic rings. The van der Waals surface area contributed by atoms with Gasteiger partial charge in [-0.3, -0.25) is 9.78 Å². The number of carbonyl (C=O) groups excluding carboxylic acids is 1. The minimum absolute atomic E-state index is 0.0403. The van der Waals surface area contributed by atoms with E-state index in [2.05, 4.69) is 14.5 Å². The van der Waals surface area contributed by atoms with Gasteiger partial charge >= 0.3 is 0 Å². The van der Waals surface area contributed by atoms with Crippen LogP contribution >= 0.6 is 0 Å². The van der Waals surface area contributed by atoms with Crippen molar-refractivity contribution < 1.29 is 9.53 Å². The van der Waals surface area contributed by atoms with E-state index in [1.807, 2.05) is 53.4 Å². The highest BCUT2D eigenvalue weighted by Crippen LogP contribution is 2.33. The number of amides is 1. The van der Waals surface area contributed by atoms with Gasteiger partial charge in [-0.05, 0) is 55.0 Å². The number of methoxy groups -OCH3 is 1. The molecule has 0 N–H and O–H groups in total. The third-order valence-electron chi connectivity index (χ3n) is 5.50. The van der Waals surface area contributed by atoms with Crippen molar-refractivity contribution in [1.29, 1.82) is 0 Å². The first-order valence-corrected chi connectivity index (χ1v) is 9.92. The number of likely N-dealkylation sites (tertiary alicyclic amines) is 1. The Morgan fingerprint density at radius 2 is 1.87 bits per heavy atom. The number of aromatic nitrogens is 4. The second kappa shape index (κ2) is 7.59. The van der Waals surface area contributed by atoms with Crippen molar-refractivity contribution in [2.24, 2.45) is 0 Å². The molecule has 1 saturated heterocycles. The fraction of sp³-hybridized carbons (Fsp3) is 0.217. The van der Waals surface area contributed by atoms with Crippen molar-refractivity contribution in [2.45, 2.75) is 12.5 Å². The van der Waals surface area contributed by atoms with Gasteiger partial charge in [-0.1, -0.05) is 6.07 Å². The lowest BCUT2D eigenvalue weighted by atomic mass is 10.2. The molecule has 0 bridgehead atoms. The van der Waals surface area contributed by atoms with Gasteiger partial charge in [-0.2, -0.15) is 0 Å². The van der Waals surface area contributed by atoms with Gasteiger partial charge in [0, 0.05) is 31.0 Å². The molecule has 5 rings (SSSR count). The molecule has 30 heavy (non-hydrogen) atoms. The fourth-order valence-corrected chi connectivity index (χ4v) is 4.01. The number of hydrogen-bond donors (Lipinski definition) is 0. The lowest BCUT2D eigenvalue weighted by molar-refractivity contribution is 0.0782. The van der Waals surface area contributed by atoms with Crippen molar-refractivity contribution in [3.8, 4) is 17.1 Å². The number of nitrogens with zero attached hydrogens (tertiary/aromatic N) is 5. The van der Waals surface area contributed by atoms with Gasteiger partial charge in [0.05, 0.1) is 13.2 Å². The van der Waals surface area contributed by atoms with E-state index >= 15 is 0 Å². The molecule has 0 radical (unpaired) electrons. The van der Waals surface area contributed by atoms with Crippen LogP contribution < -0.4 is 4.74 Å². The normalized spacial score (nSPS) is 16.2. The van der Waals surface area contributed by atoms with E-state index in [1.54, 1.807) is 25.6 Å². The van der Waals surface area contributed by atoms with E-state index in [9.17, 15) is 4.79 Å². The van der Waals surface area contributed by atoms with Crippen LogP contribution in [0.1, 0.15) is 23.0 Å². The van der Waals surface area contributed by atoms with Crippen LogP contribution in [0.15, 0.2) is 67.0 Å². The van der Waals surface area contributed by atoms with Gasteiger partial charge in [0.15, 0.2) is 5.65 Å². The largest absolute Gasteiger partial charge is 0.497 e. The molecule has 0 unspecified atom stereocenters. The summed E-state index contributed by atoms with van der Waals surface area (Å²) in [4.78, 5) is 28.4. The van der Waals surface area contributed by atoms with Crippen LogP contribution in [0, 0.1) is 0 Å². The molecule has 3 aromatic heterocycles. The van der Waals surface area contributed by atoms with Crippen molar-refractivity contribution in [3.05, 3.63) is 72.7 Å². The number of imidazole rings is 1. The second-order valence-electron chi connectivity index (χ2n) is 7.29. The zero-order chi connectivity index (χ0) is 20.5. The number of ether oxygens (including phenoxy) is 1. The number of pyridine rings is 2. The van der Waals surface area contributed by atoms with Crippen molar-refractivity contribution in [2.75, 3.05) is 20.2 Å². The molecule has 1 fully saturated rings. The third kappa shape index (κ3) is 3.18. The van der Waals surface area contributed by atoms with Gasteiger partial charge < -0.3 is 14.2 Å². The SMILES string of the molecule is COc1ccc(-c2nc3cccnc3n2[C@@H]2CCN(C(=O)c3ccccn3)C2)cc1. The molecule has 7 nitrogen and oxygen atoms in total. The van der Waals surface area contributed by atoms with E-state index < -0.39 is 0 Å². The minimum Gasteiger partial charge on any atom is -0.497 e. The Balaban J connectivity index is 1.51. The van der Waals surface area contributed by atoms with Gasteiger partial charge in [0.1, 0.15) is 22.8 Å². The predicted octanol–water partition coefficient (Wildman–Crippen LogP) is 3.59. The number of carbonyl (C=O) groups is 1. The summed E-state index contributed by atoms with van der Waals surface area (Å²) in [6.07, 6.45) is 4.27. The Morgan fingerprint density at radius 3 is 2.63 bits per heavy atom. The lowest BCUT2D eigenvalue weighted by Crippen LogP contribution is -2.29. The molecule has 1 aliphatic rings. The summed E-state index contributed by atoms with van der Waals surface area (Å²) < 4.78 is 7.46. The summed E-state index contributed by atoms with van der Waals surface area (Å²) in [5, 5.41) is 0. The Bertz CT molecular complexity index is 1190. The smallest absolute Gasteiger partial charge is 0.272 e. The molecule has 7 heteroatoms. The topological polar surface area (TPSA) is 73.1 Å². The maximum Gasteiger partial charge on any atom is 0.272 e. The fourth-order valence-electron chi connectivity index (χ4n) is 4.01. The molecular formula is C23H21N5O2. The van der Waals surface area contributed by atoms with Gasteiger partial charge in [-0.15, -0.1) is 0 Å². The molecule has 1 atom stereocenters. The average Bonchev–Trinajstić information content (AvgIpc) is 3.44. The summed E-state index contributed by atoms with van der Waals surface area (Å²) in [7, 11) is 1.65. The third-order valence-corrected chi connectivity index (χ3v) is 5.50. The van der Waals surface area contributed by atoms with Crippen molar-refractivity contribution in [1.82, 2.24) is 24.4 Å². The molecular weight excluding hydrogens is 378 g/mol. The maximum atomic E-state index is 12.9. The van der Waals surface area contributed by atoms with Crippen LogP contribution in [0.4, 0.5) is 0 Å². The molecule has 1 aromatic carbocycles. The highest BCUT2D eigenvalue weighted by molar-refractivity contribution is 5.92. The van der Waals surface area contributed by atoms with Crippen molar-refractivity contribution in [3.63, 3.8) is 0 Å². The summed E-state index contributed by atoms with van der Waals surface area (Å²) in [6.45, 7) is 1.27. The van der Waals surface area contributed by atoms with E-state index in [4.69, 9.17) is 9.72 Å². The zero-order valence-electron chi connectivity index (χ0n) is 16.6. The molecule has 4 heterocycles. The van der Waals surface area contributed by atoms with Crippen LogP contribution in [0.25, 0.3) is 22.6 Å². The van der Waals surface area contributed by atoms with Crippen LogP contribution in [0.2, 0.25) is 0 Å². The first-order valence-electron chi connectivity index (χ1n) is 9.92. The summed E-state index contributed by atoms with van der Waals surface area (Å²) in [5.74, 6) is 1.61. The Labute approximate surface area is 174 Å². The average molecular weight is 399 g/mol. The van der Waals surface area contributed by atoms with Crippen LogP contribution in [0.5, 0.6) is 5.75 Å². The first-order chi connectivity index (χ1) is 14.7. The molecule has 150 valence electrons. The molecule has 0 spiro atoms. The maximum absolute atomic E-state index is 12.9. The molecule has 1 amide bonds. The monoisotopic (exact) mass is 399 g/mol. The van der Waals surface area contributed by atoms with Gasteiger partial charge in [0.2, 0.25) is 0 Å². The Morgan fingerprint density at radius 1 is 1.03 bits per heavy atom. The van der Waals surface area contributed by atoms with Gasteiger partial charge in [0.25, 0.3) is 5.91 Å². The predicted molar refractivity (Wildman–Crippen MR) is 113 cm³/mol. The highest BCUT2D eigenvalue weighted by atomic mass is 16.5. The number of fused-ring (bicyclic) bond motifs is 1. The quantitative estimate of drug-likeness (QED) is 0.524. The van der Waals surface area contributed by atoms with E-state index in [0.29, 0.717) is 18.8 Å². The van der Waals surface area contributed by atoms with Crippen molar-refractivity contribution >= 4 is 17.1 Å². The number of hydrogen-bond acceptors (Lipinski definition) is 5. The molecule has 1 aliphatic heterocycles. The summed E-state index contributed by atoms with van der Waals surface area (Å²) in [6, 6.07) is 17.2. The Hall–Kier alpha value is -3.74. The summed E-state index contributed by atoms with van der Waals surface area (Å²) in [5.41, 5.74) is 3.14. The zero-order valence-corrected chi connectivity index (χ0v) is 16.6. The van der Waals surface area contributed by atoms with Crippen LogP contribution in [-0.2, 0) is 0 Å². The molecule has 0 aliphatic carbocycles. The summed E-state index contributed by atoms with van der Waals surface area (Å²) >= 11 is 0. The van der Waals surface area contributed by atoms with E-state index in [1.165, 1.54) is 0 Å². The van der Waals surface area contributed by atoms with Crippen LogP contribution in [0.3, 0.4) is 0 Å². The van der Waals surface area contributed by atoms with E-state index in [0.717, 1.165) is 34.7 Å². The lowest BCUT2D eigenvalue weighted by Gasteiger charge is -2.18.